The van der Waals surface area contributed by atoms with E-state index in [1.807, 2.05) is 32.0 Å². The van der Waals surface area contributed by atoms with Crippen LogP contribution in [0.1, 0.15) is 19.4 Å². The molecule has 0 aliphatic heterocycles. The Morgan fingerprint density at radius 3 is 2.48 bits per heavy atom. The van der Waals surface area contributed by atoms with Crippen molar-refractivity contribution in [3.63, 3.8) is 0 Å². The van der Waals surface area contributed by atoms with E-state index in [2.05, 4.69) is 10.1 Å². The van der Waals surface area contributed by atoms with Gasteiger partial charge in [-0.3, -0.25) is 4.79 Å². The summed E-state index contributed by atoms with van der Waals surface area (Å²) in [6.45, 7) is 4.87. The van der Waals surface area contributed by atoms with Crippen molar-refractivity contribution in [2.75, 3.05) is 13.2 Å². The first-order chi connectivity index (χ1) is 14.1. The van der Waals surface area contributed by atoms with Crippen molar-refractivity contribution in [1.82, 2.24) is 14.6 Å². The molecule has 0 saturated heterocycles. The summed E-state index contributed by atoms with van der Waals surface area (Å²) in [5.41, 5.74) is 1.22. The molecule has 6 nitrogen and oxygen atoms in total. The zero-order chi connectivity index (χ0) is 20.4. The third kappa shape index (κ3) is 3.84. The molecule has 0 bridgehead atoms. The number of aromatic nitrogens is 3. The molecule has 148 valence electrons. The molecule has 0 aliphatic rings. The summed E-state index contributed by atoms with van der Waals surface area (Å²) in [6, 6.07) is 11.4. The zero-order valence-electron chi connectivity index (χ0n) is 15.9. The molecule has 0 saturated carbocycles. The van der Waals surface area contributed by atoms with E-state index in [0.717, 1.165) is 5.56 Å². The Morgan fingerprint density at radius 2 is 1.79 bits per heavy atom. The van der Waals surface area contributed by atoms with Crippen LogP contribution in [0, 0.1) is 5.82 Å². The topological polar surface area (TPSA) is 65.7 Å². The predicted molar refractivity (Wildman–Crippen MR) is 110 cm³/mol. The molecule has 0 unspecified atom stereocenters. The summed E-state index contributed by atoms with van der Waals surface area (Å²) in [4.78, 5) is 17.6. The molecular formula is C21H18FN3O3S. The molecule has 2 aromatic carbocycles. The summed E-state index contributed by atoms with van der Waals surface area (Å²) in [5.74, 6) is 1.35. The minimum Gasteiger partial charge on any atom is -0.490 e. The maximum atomic E-state index is 13.1. The predicted octanol–water partition coefficient (Wildman–Crippen LogP) is 3.30. The summed E-state index contributed by atoms with van der Waals surface area (Å²) in [7, 11) is 0. The summed E-state index contributed by atoms with van der Waals surface area (Å²) < 4.78 is 26.1. The molecule has 0 radical (unpaired) electrons. The number of benzene rings is 2. The van der Waals surface area contributed by atoms with Crippen LogP contribution in [0.2, 0.25) is 0 Å². The average Bonchev–Trinajstić information content (AvgIpc) is 3.25. The van der Waals surface area contributed by atoms with Crippen LogP contribution in [0.5, 0.6) is 11.5 Å². The molecule has 4 aromatic rings. The highest BCUT2D eigenvalue weighted by Gasteiger charge is 2.12. The molecule has 0 spiro atoms. The molecule has 0 atom stereocenters. The van der Waals surface area contributed by atoms with E-state index >= 15 is 0 Å². The van der Waals surface area contributed by atoms with Crippen molar-refractivity contribution in [2.45, 2.75) is 13.8 Å². The molecule has 2 heterocycles. The first kappa shape index (κ1) is 19.1. The van der Waals surface area contributed by atoms with Gasteiger partial charge in [0.15, 0.2) is 17.3 Å². The smallest absolute Gasteiger partial charge is 0.291 e. The van der Waals surface area contributed by atoms with E-state index < -0.39 is 0 Å². The molecular weight excluding hydrogens is 393 g/mol. The fourth-order valence-electron chi connectivity index (χ4n) is 2.86. The summed E-state index contributed by atoms with van der Waals surface area (Å²) in [6.07, 6.45) is 1.78. The fraction of sp³-hybridized carbons (Fsp3) is 0.190. The molecule has 2 aromatic heterocycles. The highest BCUT2D eigenvalue weighted by molar-refractivity contribution is 7.15. The second-order valence-electron chi connectivity index (χ2n) is 6.12. The van der Waals surface area contributed by atoms with Gasteiger partial charge in [0, 0.05) is 5.56 Å². The lowest BCUT2D eigenvalue weighted by Crippen LogP contribution is -2.23. The zero-order valence-corrected chi connectivity index (χ0v) is 16.7. The number of halogens is 1. The standard InChI is InChI=1S/C21H18FN3O3S/c1-3-27-16-10-5-13(11-17(16)28-4-2)12-18-20(26)25-21(29-18)23-19(24-25)14-6-8-15(22)9-7-14/h5-12H,3-4H2,1-2H3. The molecule has 0 N–H and O–H groups in total. The van der Waals surface area contributed by atoms with Gasteiger partial charge in [-0.25, -0.2) is 4.39 Å². The number of hydrogen-bond acceptors (Lipinski definition) is 6. The van der Waals surface area contributed by atoms with E-state index in [4.69, 9.17) is 9.47 Å². The molecule has 8 heteroatoms. The Kier molecular flexibility index (Phi) is 5.26. The lowest BCUT2D eigenvalue weighted by atomic mass is 10.2. The van der Waals surface area contributed by atoms with Crippen molar-refractivity contribution < 1.29 is 13.9 Å². The molecule has 4 rings (SSSR count). The number of hydrogen-bond donors (Lipinski definition) is 0. The van der Waals surface area contributed by atoms with Gasteiger partial charge in [-0.1, -0.05) is 17.4 Å². The Morgan fingerprint density at radius 1 is 1.07 bits per heavy atom. The average molecular weight is 411 g/mol. The third-order valence-corrected chi connectivity index (χ3v) is 5.11. The van der Waals surface area contributed by atoms with E-state index in [0.29, 0.717) is 45.6 Å². The highest BCUT2D eigenvalue weighted by Crippen LogP contribution is 2.28. The lowest BCUT2D eigenvalue weighted by molar-refractivity contribution is 0.287. The van der Waals surface area contributed by atoms with Gasteiger partial charge >= 0.3 is 0 Å². The van der Waals surface area contributed by atoms with Gasteiger partial charge in [0.2, 0.25) is 4.96 Å². The number of rotatable bonds is 6. The van der Waals surface area contributed by atoms with Crippen LogP contribution < -0.4 is 19.6 Å². The Labute approximate surface area is 169 Å². The largest absolute Gasteiger partial charge is 0.490 e. The van der Waals surface area contributed by atoms with Crippen molar-refractivity contribution in [1.29, 1.82) is 0 Å². The van der Waals surface area contributed by atoms with Gasteiger partial charge in [0.1, 0.15) is 5.82 Å². The van der Waals surface area contributed by atoms with Crippen molar-refractivity contribution >= 4 is 22.4 Å². The van der Waals surface area contributed by atoms with E-state index in [1.54, 1.807) is 18.2 Å². The minimum absolute atomic E-state index is 0.252. The van der Waals surface area contributed by atoms with E-state index in [1.165, 1.54) is 28.0 Å². The summed E-state index contributed by atoms with van der Waals surface area (Å²) in [5, 5.41) is 4.28. The van der Waals surface area contributed by atoms with Crippen molar-refractivity contribution in [3.05, 3.63) is 68.7 Å². The number of fused-ring (bicyclic) bond motifs is 1. The molecule has 0 aliphatic carbocycles. The van der Waals surface area contributed by atoms with Crippen LogP contribution in [0.4, 0.5) is 4.39 Å². The fourth-order valence-corrected chi connectivity index (χ4v) is 3.77. The second kappa shape index (κ2) is 8.00. The van der Waals surface area contributed by atoms with Crippen LogP contribution in [0.15, 0.2) is 47.3 Å². The van der Waals surface area contributed by atoms with Crippen molar-refractivity contribution in [2.24, 2.45) is 0 Å². The first-order valence-electron chi connectivity index (χ1n) is 9.16. The normalized spacial score (nSPS) is 11.9. The van der Waals surface area contributed by atoms with Crippen LogP contribution in [0.25, 0.3) is 22.4 Å². The Bertz CT molecular complexity index is 1270. The maximum absolute atomic E-state index is 13.1. The van der Waals surface area contributed by atoms with Crippen molar-refractivity contribution in [3.8, 4) is 22.9 Å². The molecule has 0 fully saturated rings. The lowest BCUT2D eigenvalue weighted by Gasteiger charge is -2.11. The molecule has 29 heavy (non-hydrogen) atoms. The number of thiazole rings is 1. The monoisotopic (exact) mass is 411 g/mol. The third-order valence-electron chi connectivity index (χ3n) is 4.15. The second-order valence-corrected chi connectivity index (χ2v) is 7.13. The van der Waals surface area contributed by atoms with Gasteiger partial charge in [0.05, 0.1) is 17.7 Å². The minimum atomic E-state index is -0.335. The number of ether oxygens (including phenoxy) is 2. The Balaban J connectivity index is 1.72. The van der Waals surface area contributed by atoms with Gasteiger partial charge in [0.25, 0.3) is 5.56 Å². The summed E-state index contributed by atoms with van der Waals surface area (Å²) >= 11 is 1.25. The van der Waals surface area contributed by atoms with Crippen LogP contribution in [-0.4, -0.2) is 27.8 Å². The SMILES string of the molecule is CCOc1ccc(C=c2sc3nc(-c4ccc(F)cc4)nn3c2=O)cc1OCC. The van der Waals surface area contributed by atoms with Gasteiger partial charge in [-0.15, -0.1) is 5.10 Å². The highest BCUT2D eigenvalue weighted by atomic mass is 32.1. The van der Waals surface area contributed by atoms with E-state index in [-0.39, 0.29) is 11.4 Å². The first-order valence-corrected chi connectivity index (χ1v) is 9.97. The van der Waals surface area contributed by atoms with Crippen LogP contribution in [-0.2, 0) is 0 Å². The Hall–Kier alpha value is -3.26. The van der Waals surface area contributed by atoms with E-state index in [9.17, 15) is 9.18 Å². The van der Waals surface area contributed by atoms with Crippen LogP contribution in [0.3, 0.4) is 0 Å². The van der Waals surface area contributed by atoms with Gasteiger partial charge < -0.3 is 9.47 Å². The van der Waals surface area contributed by atoms with Gasteiger partial charge in [-0.05, 0) is 61.9 Å². The van der Waals surface area contributed by atoms with Gasteiger partial charge in [-0.2, -0.15) is 9.50 Å². The number of nitrogens with zero attached hydrogens (tertiary/aromatic N) is 3. The quantitative estimate of drug-likeness (QED) is 0.487. The molecule has 0 amide bonds. The maximum Gasteiger partial charge on any atom is 0.291 e. The van der Waals surface area contributed by atoms with Crippen LogP contribution >= 0.6 is 11.3 Å².